The van der Waals surface area contributed by atoms with Gasteiger partial charge in [-0.1, -0.05) is 23.5 Å². The van der Waals surface area contributed by atoms with Crippen LogP contribution in [0.25, 0.3) is 10.2 Å². The highest BCUT2D eigenvalue weighted by molar-refractivity contribution is 7.22. The van der Waals surface area contributed by atoms with E-state index in [1.807, 2.05) is 18.2 Å². The maximum Gasteiger partial charge on any atom is 0.326 e. The first-order chi connectivity index (χ1) is 12.1. The van der Waals surface area contributed by atoms with Gasteiger partial charge in [-0.25, -0.2) is 9.78 Å². The minimum Gasteiger partial charge on any atom is -0.480 e. The van der Waals surface area contributed by atoms with Gasteiger partial charge >= 0.3 is 5.97 Å². The number of aliphatic carboxylic acids is 1. The number of rotatable bonds is 3. The topological polar surface area (TPSA) is 73.7 Å². The van der Waals surface area contributed by atoms with Gasteiger partial charge in [0.15, 0.2) is 5.13 Å². The van der Waals surface area contributed by atoms with E-state index >= 15 is 0 Å². The number of likely N-dealkylation sites (tertiary alicyclic amines) is 1. The van der Waals surface area contributed by atoms with Gasteiger partial charge in [0.2, 0.25) is 5.91 Å². The first-order valence-corrected chi connectivity index (χ1v) is 9.59. The zero-order valence-corrected chi connectivity index (χ0v) is 14.7. The fourth-order valence-corrected chi connectivity index (χ4v) is 4.85. The lowest BCUT2D eigenvalue weighted by Gasteiger charge is -2.34. The number of thiazole rings is 1. The number of benzene rings is 1. The number of anilines is 1. The highest BCUT2D eigenvalue weighted by Gasteiger charge is 2.38. The minimum atomic E-state index is -0.877. The molecule has 1 N–H and O–H groups in total. The summed E-state index contributed by atoms with van der Waals surface area (Å²) in [6.45, 7) is 2.16. The molecule has 2 aliphatic rings. The van der Waals surface area contributed by atoms with Gasteiger partial charge in [-0.3, -0.25) is 4.79 Å². The molecule has 2 fully saturated rings. The highest BCUT2D eigenvalue weighted by Crippen LogP contribution is 2.32. The molecule has 3 heterocycles. The predicted octanol–water partition coefficient (Wildman–Crippen LogP) is 2.59. The number of amides is 1. The summed E-state index contributed by atoms with van der Waals surface area (Å²) in [6.07, 6.45) is 2.88. The lowest BCUT2D eigenvalue weighted by atomic mass is 9.95. The Hall–Kier alpha value is -2.15. The molecule has 1 aromatic carbocycles. The van der Waals surface area contributed by atoms with Gasteiger partial charge in [-0.05, 0) is 37.8 Å². The number of carbonyl (C=O) groups is 2. The molecule has 6 nitrogen and oxygen atoms in total. The van der Waals surface area contributed by atoms with E-state index in [1.165, 1.54) is 4.70 Å². The van der Waals surface area contributed by atoms with Crippen molar-refractivity contribution in [3.63, 3.8) is 0 Å². The van der Waals surface area contributed by atoms with E-state index in [2.05, 4.69) is 11.0 Å². The Kier molecular flexibility index (Phi) is 4.33. The van der Waals surface area contributed by atoms with E-state index in [0.29, 0.717) is 13.0 Å². The minimum absolute atomic E-state index is 0.0221. The molecular weight excluding hydrogens is 338 g/mol. The number of carbonyl (C=O) groups excluding carboxylic acids is 1. The van der Waals surface area contributed by atoms with Gasteiger partial charge < -0.3 is 14.9 Å². The van der Waals surface area contributed by atoms with Gasteiger partial charge in [0.05, 0.1) is 10.2 Å². The average Bonchev–Trinajstić information content (AvgIpc) is 3.28. The number of fused-ring (bicyclic) bond motifs is 1. The third-order valence-electron chi connectivity index (χ3n) is 5.22. The summed E-state index contributed by atoms with van der Waals surface area (Å²) in [5.74, 6) is -0.919. The van der Waals surface area contributed by atoms with Crippen molar-refractivity contribution in [2.24, 2.45) is 5.92 Å². The summed E-state index contributed by atoms with van der Waals surface area (Å²) in [5.41, 5.74) is 1.02. The van der Waals surface area contributed by atoms with E-state index in [9.17, 15) is 14.7 Å². The number of hydrogen-bond acceptors (Lipinski definition) is 5. The van der Waals surface area contributed by atoms with E-state index in [4.69, 9.17) is 4.98 Å². The van der Waals surface area contributed by atoms with Crippen LogP contribution < -0.4 is 4.90 Å². The molecule has 0 spiro atoms. The standard InChI is InChI=1S/C18H21N3O3S/c22-16(21-9-3-5-14(21)17(23)24)12-7-10-20(11-8-12)18-19-13-4-1-2-6-15(13)25-18/h1-2,4,6,12,14H,3,5,7-11H2,(H,23,24)/t14-/m1/s1. The van der Waals surface area contributed by atoms with E-state index in [-0.39, 0.29) is 11.8 Å². The van der Waals surface area contributed by atoms with Crippen LogP contribution in [0.2, 0.25) is 0 Å². The molecule has 25 heavy (non-hydrogen) atoms. The van der Waals surface area contributed by atoms with Crippen molar-refractivity contribution in [3.05, 3.63) is 24.3 Å². The average molecular weight is 359 g/mol. The highest BCUT2D eigenvalue weighted by atomic mass is 32.1. The summed E-state index contributed by atoms with van der Waals surface area (Å²) >= 11 is 1.68. The number of hydrogen-bond donors (Lipinski definition) is 1. The van der Waals surface area contributed by atoms with Crippen molar-refractivity contribution in [2.75, 3.05) is 24.5 Å². The van der Waals surface area contributed by atoms with Crippen LogP contribution >= 0.6 is 11.3 Å². The maximum atomic E-state index is 12.7. The van der Waals surface area contributed by atoms with E-state index in [1.54, 1.807) is 16.2 Å². The summed E-state index contributed by atoms with van der Waals surface area (Å²) < 4.78 is 1.18. The van der Waals surface area contributed by atoms with Crippen molar-refractivity contribution in [1.82, 2.24) is 9.88 Å². The molecule has 0 unspecified atom stereocenters. The first kappa shape index (κ1) is 16.3. The fraction of sp³-hybridized carbons (Fsp3) is 0.500. The normalized spacial score (nSPS) is 21.8. The number of para-hydroxylation sites is 1. The third-order valence-corrected chi connectivity index (χ3v) is 6.32. The molecule has 7 heteroatoms. The Balaban J connectivity index is 1.41. The van der Waals surface area contributed by atoms with Crippen LogP contribution in [0, 0.1) is 5.92 Å². The van der Waals surface area contributed by atoms with E-state index < -0.39 is 12.0 Å². The fourth-order valence-electron chi connectivity index (χ4n) is 3.83. The zero-order chi connectivity index (χ0) is 17.4. The van der Waals surface area contributed by atoms with Crippen molar-refractivity contribution in [2.45, 2.75) is 31.7 Å². The van der Waals surface area contributed by atoms with Crippen LogP contribution in [0.15, 0.2) is 24.3 Å². The molecule has 1 amide bonds. The number of piperidine rings is 1. The van der Waals surface area contributed by atoms with Crippen molar-refractivity contribution in [1.29, 1.82) is 0 Å². The number of aromatic nitrogens is 1. The molecular formula is C18H21N3O3S. The van der Waals surface area contributed by atoms with Crippen LogP contribution in [-0.4, -0.2) is 52.5 Å². The summed E-state index contributed by atoms with van der Waals surface area (Å²) in [4.78, 5) is 32.6. The van der Waals surface area contributed by atoms with E-state index in [0.717, 1.165) is 43.0 Å². The van der Waals surface area contributed by atoms with Gasteiger partial charge in [0.25, 0.3) is 0 Å². The third kappa shape index (κ3) is 3.08. The van der Waals surface area contributed by atoms with Crippen molar-refractivity contribution in [3.8, 4) is 0 Å². The van der Waals surface area contributed by atoms with Gasteiger partial charge in [0, 0.05) is 25.6 Å². The van der Waals surface area contributed by atoms with Crippen molar-refractivity contribution >= 4 is 38.6 Å². The molecule has 1 aromatic heterocycles. The second-order valence-corrected chi connectivity index (χ2v) is 7.76. The second-order valence-electron chi connectivity index (χ2n) is 6.75. The molecule has 2 aliphatic heterocycles. The Labute approximate surface area is 150 Å². The molecule has 2 saturated heterocycles. The number of nitrogens with zero attached hydrogens (tertiary/aromatic N) is 3. The SMILES string of the molecule is O=C(O)[C@H]1CCCN1C(=O)C1CCN(c2nc3ccccc3s2)CC1. The Morgan fingerprint density at radius 3 is 2.60 bits per heavy atom. The zero-order valence-electron chi connectivity index (χ0n) is 13.9. The Morgan fingerprint density at radius 2 is 1.88 bits per heavy atom. The van der Waals surface area contributed by atoms with Crippen LogP contribution in [0.5, 0.6) is 0 Å². The summed E-state index contributed by atoms with van der Waals surface area (Å²) in [5, 5.41) is 10.3. The van der Waals surface area contributed by atoms with Gasteiger partial charge in [-0.2, -0.15) is 0 Å². The largest absolute Gasteiger partial charge is 0.480 e. The lowest BCUT2D eigenvalue weighted by Crippen LogP contribution is -2.46. The van der Waals surface area contributed by atoms with Gasteiger partial charge in [-0.15, -0.1) is 0 Å². The van der Waals surface area contributed by atoms with Gasteiger partial charge in [0.1, 0.15) is 6.04 Å². The number of carboxylic acid groups (broad SMARTS) is 1. The first-order valence-electron chi connectivity index (χ1n) is 8.77. The van der Waals surface area contributed by atoms with Crippen LogP contribution in [0.3, 0.4) is 0 Å². The Morgan fingerprint density at radius 1 is 1.12 bits per heavy atom. The van der Waals surface area contributed by atoms with Crippen LogP contribution in [0.4, 0.5) is 5.13 Å². The van der Waals surface area contributed by atoms with Crippen molar-refractivity contribution < 1.29 is 14.7 Å². The smallest absolute Gasteiger partial charge is 0.326 e. The van der Waals surface area contributed by atoms with Crippen LogP contribution in [0.1, 0.15) is 25.7 Å². The molecule has 0 radical (unpaired) electrons. The maximum absolute atomic E-state index is 12.7. The molecule has 0 aliphatic carbocycles. The summed E-state index contributed by atoms with van der Waals surface area (Å²) in [6, 6.07) is 7.47. The van der Waals surface area contributed by atoms with Crippen LogP contribution in [-0.2, 0) is 9.59 Å². The molecule has 132 valence electrons. The summed E-state index contributed by atoms with van der Waals surface area (Å²) in [7, 11) is 0. The number of carboxylic acids is 1. The molecule has 4 rings (SSSR count). The molecule has 0 bridgehead atoms. The Bertz CT molecular complexity index is 765. The quantitative estimate of drug-likeness (QED) is 0.912. The predicted molar refractivity (Wildman–Crippen MR) is 96.9 cm³/mol. The molecule has 2 aromatic rings. The second kappa shape index (κ2) is 6.63. The monoisotopic (exact) mass is 359 g/mol. The molecule has 1 atom stereocenters. The molecule has 0 saturated carbocycles. The lowest BCUT2D eigenvalue weighted by molar-refractivity contribution is -0.150.